The van der Waals surface area contributed by atoms with E-state index in [2.05, 4.69) is 27.1 Å². The first kappa shape index (κ1) is 24.0. The van der Waals surface area contributed by atoms with E-state index in [1.54, 1.807) is 26.2 Å². The molecule has 0 radical (unpaired) electrons. The number of carbonyl (C=O) groups excluding carboxylic acids is 1. The highest BCUT2D eigenvalue weighted by Gasteiger charge is 2.22. The maximum absolute atomic E-state index is 12.6. The normalized spacial score (nSPS) is 16.0. The molecule has 1 aromatic carbocycles. The fourth-order valence-corrected chi connectivity index (χ4v) is 3.92. The number of rotatable bonds is 8. The first-order valence-electron chi connectivity index (χ1n) is 11.3. The predicted molar refractivity (Wildman–Crippen MR) is 133 cm³/mol. The minimum absolute atomic E-state index is 0.0719. The minimum Gasteiger partial charge on any atom is -0.480 e. The van der Waals surface area contributed by atoms with Crippen molar-refractivity contribution in [2.45, 2.75) is 32.8 Å². The third-order valence-electron chi connectivity index (χ3n) is 5.84. The largest absolute Gasteiger partial charge is 0.480 e. The number of Topliss-reactive ketones (excluding diaryl/α,β-unsaturated/α-hetero) is 1. The first-order valence-corrected chi connectivity index (χ1v) is 11.7. The van der Waals surface area contributed by atoms with Crippen molar-refractivity contribution >= 4 is 45.7 Å². The fourth-order valence-electron chi connectivity index (χ4n) is 3.78. The van der Waals surface area contributed by atoms with Gasteiger partial charge in [0.2, 0.25) is 5.95 Å². The van der Waals surface area contributed by atoms with Crippen LogP contribution < -0.4 is 20.5 Å². The van der Waals surface area contributed by atoms with Crippen molar-refractivity contribution in [3.8, 4) is 5.75 Å². The monoisotopic (exact) mass is 485 g/mol. The maximum atomic E-state index is 12.6. The molecular weight excluding hydrogens is 458 g/mol. The molecule has 10 heteroatoms. The molecular formula is C24H28ClN5O4. The third kappa shape index (κ3) is 5.15. The van der Waals surface area contributed by atoms with Crippen LogP contribution in [0.4, 0.5) is 17.5 Å². The van der Waals surface area contributed by atoms with Gasteiger partial charge in [0.15, 0.2) is 17.4 Å². The molecule has 1 atom stereocenters. The average Bonchev–Trinajstić information content (AvgIpc) is 2.86. The van der Waals surface area contributed by atoms with E-state index in [4.69, 9.17) is 21.1 Å². The van der Waals surface area contributed by atoms with Crippen LogP contribution in [-0.2, 0) is 16.6 Å². The van der Waals surface area contributed by atoms with Crippen LogP contribution in [-0.4, -0.2) is 52.7 Å². The van der Waals surface area contributed by atoms with E-state index in [1.165, 1.54) is 4.57 Å². The summed E-state index contributed by atoms with van der Waals surface area (Å²) in [5.74, 6) is 1.14. The molecule has 1 fully saturated rings. The second-order valence-corrected chi connectivity index (χ2v) is 8.57. The van der Waals surface area contributed by atoms with Crippen molar-refractivity contribution in [2.75, 3.05) is 36.5 Å². The van der Waals surface area contributed by atoms with Gasteiger partial charge >= 0.3 is 0 Å². The molecule has 3 aromatic rings. The Morgan fingerprint density at radius 3 is 2.91 bits per heavy atom. The summed E-state index contributed by atoms with van der Waals surface area (Å²) in [7, 11) is 1.67. The van der Waals surface area contributed by atoms with Gasteiger partial charge in [0.25, 0.3) is 5.56 Å². The van der Waals surface area contributed by atoms with Crippen LogP contribution in [0.25, 0.3) is 10.9 Å². The Kier molecular flexibility index (Phi) is 7.33. The lowest BCUT2D eigenvalue weighted by molar-refractivity contribution is -0.120. The number of nitrogens with one attached hydrogen (secondary N) is 1. The summed E-state index contributed by atoms with van der Waals surface area (Å²) >= 11 is 6.39. The lowest BCUT2D eigenvalue weighted by Crippen LogP contribution is -2.43. The Balaban J connectivity index is 1.61. The molecule has 0 saturated carbocycles. The molecule has 2 aromatic heterocycles. The van der Waals surface area contributed by atoms with Gasteiger partial charge in [-0.1, -0.05) is 25.4 Å². The van der Waals surface area contributed by atoms with E-state index in [9.17, 15) is 9.59 Å². The second-order valence-electron chi connectivity index (χ2n) is 8.17. The molecule has 3 heterocycles. The lowest BCUT2D eigenvalue weighted by Gasteiger charge is -2.32. The molecule has 4 rings (SSSR count). The number of hydrogen-bond acceptors (Lipinski definition) is 8. The van der Waals surface area contributed by atoms with Crippen molar-refractivity contribution in [1.29, 1.82) is 0 Å². The van der Waals surface area contributed by atoms with Gasteiger partial charge in [-0.2, -0.15) is 4.98 Å². The van der Waals surface area contributed by atoms with Gasteiger partial charge in [-0.05, 0) is 30.7 Å². The molecule has 0 aliphatic carbocycles. The van der Waals surface area contributed by atoms with Crippen molar-refractivity contribution in [1.82, 2.24) is 14.5 Å². The zero-order valence-corrected chi connectivity index (χ0v) is 20.3. The van der Waals surface area contributed by atoms with Crippen LogP contribution in [0.3, 0.4) is 0 Å². The number of aryl methyl sites for hydroxylation is 1. The van der Waals surface area contributed by atoms with E-state index < -0.39 is 0 Å². The van der Waals surface area contributed by atoms with Crippen molar-refractivity contribution in [2.24, 2.45) is 7.05 Å². The average molecular weight is 486 g/mol. The number of fused-ring (bicyclic) bond motifs is 1. The molecule has 1 saturated heterocycles. The molecule has 1 unspecified atom stereocenters. The summed E-state index contributed by atoms with van der Waals surface area (Å²) in [6.45, 7) is 5.79. The molecule has 0 amide bonds. The van der Waals surface area contributed by atoms with E-state index >= 15 is 0 Å². The van der Waals surface area contributed by atoms with Crippen LogP contribution in [0.2, 0.25) is 5.02 Å². The molecule has 0 bridgehead atoms. The Bertz CT molecular complexity index is 1260. The van der Waals surface area contributed by atoms with E-state index in [0.29, 0.717) is 36.4 Å². The number of carbonyl (C=O) groups is 1. The number of aromatic nitrogens is 3. The predicted octanol–water partition coefficient (Wildman–Crippen LogP) is 3.70. The summed E-state index contributed by atoms with van der Waals surface area (Å²) in [4.78, 5) is 35.4. The van der Waals surface area contributed by atoms with Crippen molar-refractivity contribution < 1.29 is 14.3 Å². The number of hydrogen-bond donors (Lipinski definition) is 1. The molecule has 0 spiro atoms. The number of pyridine rings is 1. The number of ether oxygens (including phenoxy) is 2. The highest BCUT2D eigenvalue weighted by atomic mass is 35.5. The smallest absolute Gasteiger partial charge is 0.293 e. The zero-order chi connectivity index (χ0) is 24.2. The van der Waals surface area contributed by atoms with Crippen LogP contribution in [0, 0.1) is 0 Å². The van der Waals surface area contributed by atoms with Crippen molar-refractivity contribution in [3.63, 3.8) is 0 Å². The highest BCUT2D eigenvalue weighted by Crippen LogP contribution is 2.28. The molecule has 1 N–H and O–H groups in total. The summed E-state index contributed by atoms with van der Waals surface area (Å²) in [5.41, 5.74) is 1.18. The summed E-state index contributed by atoms with van der Waals surface area (Å²) < 4.78 is 12.7. The Labute approximate surface area is 202 Å². The van der Waals surface area contributed by atoms with Gasteiger partial charge in [-0.25, -0.2) is 4.98 Å². The van der Waals surface area contributed by atoms with Gasteiger partial charge in [0, 0.05) is 37.6 Å². The Hall–Kier alpha value is -3.17. The van der Waals surface area contributed by atoms with Gasteiger partial charge in [-0.15, -0.1) is 0 Å². The molecule has 1 aliphatic rings. The van der Waals surface area contributed by atoms with E-state index in [0.717, 1.165) is 29.6 Å². The van der Waals surface area contributed by atoms with Gasteiger partial charge in [0.1, 0.15) is 11.6 Å². The van der Waals surface area contributed by atoms with E-state index in [1.807, 2.05) is 18.2 Å². The summed E-state index contributed by atoms with van der Waals surface area (Å²) in [5, 5.41) is 4.43. The number of anilines is 3. The quantitative estimate of drug-likeness (QED) is 0.515. The van der Waals surface area contributed by atoms with Crippen LogP contribution in [0.1, 0.15) is 26.7 Å². The van der Waals surface area contributed by atoms with Gasteiger partial charge in [-0.3, -0.25) is 9.59 Å². The SMILES string of the molecule is CCC(=O)COc1cc2cc(Nc3nc(N4CCOC(CC)C4)ncc3Cl)ccc2n(C)c1=O. The fraction of sp³-hybridized carbons (Fsp3) is 0.417. The third-order valence-corrected chi connectivity index (χ3v) is 6.12. The van der Waals surface area contributed by atoms with Crippen LogP contribution >= 0.6 is 11.6 Å². The van der Waals surface area contributed by atoms with Crippen LogP contribution in [0.15, 0.2) is 35.3 Å². The van der Waals surface area contributed by atoms with Gasteiger partial charge in [0.05, 0.1) is 24.4 Å². The number of ketones is 1. The minimum atomic E-state index is -0.295. The maximum Gasteiger partial charge on any atom is 0.293 e. The molecule has 9 nitrogen and oxygen atoms in total. The first-order chi connectivity index (χ1) is 16.4. The number of morpholine rings is 1. The number of halogens is 1. The second kappa shape index (κ2) is 10.4. The number of benzene rings is 1. The zero-order valence-electron chi connectivity index (χ0n) is 19.5. The van der Waals surface area contributed by atoms with Gasteiger partial charge < -0.3 is 24.3 Å². The standard InChI is InChI=1S/C24H28ClN5O4/c1-4-17(31)14-34-21-11-15-10-16(6-7-20(15)29(3)23(21)32)27-22-19(25)12-26-24(28-22)30-8-9-33-18(5-2)13-30/h6-7,10-12,18H,4-5,8-9,13-14H2,1-3H3,(H,26,27,28). The topological polar surface area (TPSA) is 98.6 Å². The Morgan fingerprint density at radius 1 is 1.32 bits per heavy atom. The summed E-state index contributed by atoms with van der Waals surface area (Å²) in [6, 6.07) is 7.22. The highest BCUT2D eigenvalue weighted by molar-refractivity contribution is 6.32. The lowest BCUT2D eigenvalue weighted by atomic mass is 10.2. The molecule has 180 valence electrons. The van der Waals surface area contributed by atoms with E-state index in [-0.39, 0.29) is 29.8 Å². The van der Waals surface area contributed by atoms with Crippen molar-refractivity contribution in [3.05, 3.63) is 45.8 Å². The van der Waals surface area contributed by atoms with Crippen LogP contribution in [0.5, 0.6) is 5.75 Å². The number of nitrogens with zero attached hydrogens (tertiary/aromatic N) is 4. The Morgan fingerprint density at radius 2 is 2.15 bits per heavy atom. The summed E-state index contributed by atoms with van der Waals surface area (Å²) in [6.07, 6.45) is 3.02. The molecule has 1 aliphatic heterocycles. The molecule has 34 heavy (non-hydrogen) atoms.